The summed E-state index contributed by atoms with van der Waals surface area (Å²) in [5.74, 6) is -1.45. The molecule has 0 unspecified atom stereocenters. The van der Waals surface area contributed by atoms with Crippen molar-refractivity contribution in [1.82, 2.24) is 0 Å². The van der Waals surface area contributed by atoms with Gasteiger partial charge in [-0.15, -0.1) is 0 Å². The Morgan fingerprint density at radius 1 is 0.947 bits per heavy atom. The fraction of sp³-hybridized carbons (Fsp3) is 0.529. The van der Waals surface area contributed by atoms with Crippen LogP contribution in [0.4, 0.5) is 8.78 Å². The largest absolute Gasteiger partial charge is 0.204 e. The Labute approximate surface area is 114 Å². The van der Waals surface area contributed by atoms with Gasteiger partial charge < -0.3 is 0 Å². The Hall–Kier alpha value is -1.18. The highest BCUT2D eigenvalue weighted by Crippen LogP contribution is 2.26. The van der Waals surface area contributed by atoms with E-state index in [1.165, 1.54) is 49.8 Å². The second kappa shape index (κ2) is 6.83. The van der Waals surface area contributed by atoms with Gasteiger partial charge in [0.25, 0.3) is 0 Å². The first-order chi connectivity index (χ1) is 9.20. The summed E-state index contributed by atoms with van der Waals surface area (Å²) in [7, 11) is 0. The number of hydrogen-bond donors (Lipinski definition) is 0. The molecule has 0 saturated carbocycles. The summed E-state index contributed by atoms with van der Waals surface area (Å²) in [6.07, 6.45) is 11.2. The van der Waals surface area contributed by atoms with Gasteiger partial charge in [0.15, 0.2) is 11.6 Å². The molecule has 0 fully saturated rings. The Morgan fingerprint density at radius 2 is 1.63 bits per heavy atom. The number of fused-ring (bicyclic) bond motifs is 1. The number of unbranched alkanes of at least 4 members (excludes halogenated alkanes) is 4. The molecule has 0 spiro atoms. The molecule has 0 heterocycles. The fourth-order valence-electron chi connectivity index (χ4n) is 2.70. The summed E-state index contributed by atoms with van der Waals surface area (Å²) in [5.41, 5.74) is 3.29. The van der Waals surface area contributed by atoms with E-state index in [2.05, 4.69) is 13.0 Å². The van der Waals surface area contributed by atoms with Gasteiger partial charge in [0.2, 0.25) is 0 Å². The molecule has 0 atom stereocenters. The minimum absolute atomic E-state index is 0.719. The van der Waals surface area contributed by atoms with E-state index in [0.717, 1.165) is 30.4 Å². The van der Waals surface area contributed by atoms with Gasteiger partial charge in [-0.3, -0.25) is 0 Å². The van der Waals surface area contributed by atoms with Gasteiger partial charge in [-0.05, 0) is 48.9 Å². The lowest BCUT2D eigenvalue weighted by Gasteiger charge is -2.17. The van der Waals surface area contributed by atoms with Crippen LogP contribution in [-0.2, 0) is 12.8 Å². The van der Waals surface area contributed by atoms with Crippen molar-refractivity contribution in [2.24, 2.45) is 0 Å². The Morgan fingerprint density at radius 3 is 2.37 bits per heavy atom. The molecule has 2 rings (SSSR count). The monoisotopic (exact) mass is 264 g/mol. The molecule has 0 aromatic heterocycles. The van der Waals surface area contributed by atoms with Crippen molar-refractivity contribution in [1.29, 1.82) is 0 Å². The quantitative estimate of drug-likeness (QED) is 0.480. The van der Waals surface area contributed by atoms with Gasteiger partial charge in [-0.1, -0.05) is 44.3 Å². The molecule has 0 radical (unpaired) electrons. The predicted octanol–water partition coefficient (Wildman–Crippen LogP) is 5.35. The summed E-state index contributed by atoms with van der Waals surface area (Å²) in [5, 5.41) is 0. The van der Waals surface area contributed by atoms with Gasteiger partial charge in [0, 0.05) is 0 Å². The third-order valence-corrected chi connectivity index (χ3v) is 3.87. The summed E-state index contributed by atoms with van der Waals surface area (Å²) >= 11 is 0. The van der Waals surface area contributed by atoms with Crippen LogP contribution in [-0.4, -0.2) is 0 Å². The molecule has 0 N–H and O–H groups in total. The molecule has 1 aromatic carbocycles. The Bertz CT molecular complexity index is 461. The molecule has 0 nitrogen and oxygen atoms in total. The maximum atomic E-state index is 13.2. The van der Waals surface area contributed by atoms with Gasteiger partial charge in [0.05, 0.1) is 0 Å². The van der Waals surface area contributed by atoms with Gasteiger partial charge in [0.1, 0.15) is 0 Å². The molecule has 0 saturated heterocycles. The summed E-state index contributed by atoms with van der Waals surface area (Å²) in [4.78, 5) is 0. The molecular formula is C17H22F2. The smallest absolute Gasteiger partial charge is 0.159 e. The minimum atomic E-state index is -0.727. The second-order valence-electron chi connectivity index (χ2n) is 5.44. The Kier molecular flexibility index (Phi) is 5.12. The SMILES string of the molecule is CCCCCCCC1=CCc2cc(F)c(F)cc2C1. The van der Waals surface area contributed by atoms with Crippen LogP contribution in [0.15, 0.2) is 23.8 Å². The lowest BCUT2D eigenvalue weighted by atomic mass is 9.89. The predicted molar refractivity (Wildman–Crippen MR) is 75.2 cm³/mol. The minimum Gasteiger partial charge on any atom is -0.204 e. The normalized spacial score (nSPS) is 14.2. The molecule has 0 amide bonds. The highest BCUT2D eigenvalue weighted by atomic mass is 19.2. The van der Waals surface area contributed by atoms with Crippen LogP contribution < -0.4 is 0 Å². The summed E-state index contributed by atoms with van der Waals surface area (Å²) in [6, 6.07) is 2.72. The van der Waals surface area contributed by atoms with E-state index in [1.807, 2.05) is 0 Å². The van der Waals surface area contributed by atoms with Crippen LogP contribution in [0.2, 0.25) is 0 Å². The van der Waals surface area contributed by atoms with Gasteiger partial charge >= 0.3 is 0 Å². The summed E-state index contributed by atoms with van der Waals surface area (Å²) in [6.45, 7) is 2.22. The molecule has 19 heavy (non-hydrogen) atoms. The van der Waals surface area contributed by atoms with Crippen LogP contribution in [0.25, 0.3) is 0 Å². The van der Waals surface area contributed by atoms with E-state index in [4.69, 9.17) is 0 Å². The number of benzene rings is 1. The maximum absolute atomic E-state index is 13.2. The van der Waals surface area contributed by atoms with Gasteiger partial charge in [-0.25, -0.2) is 8.78 Å². The van der Waals surface area contributed by atoms with Crippen LogP contribution in [0, 0.1) is 11.6 Å². The molecule has 1 aliphatic rings. The lowest BCUT2D eigenvalue weighted by Crippen LogP contribution is -2.05. The van der Waals surface area contributed by atoms with Crippen molar-refractivity contribution < 1.29 is 8.78 Å². The van der Waals surface area contributed by atoms with Crippen molar-refractivity contribution in [3.63, 3.8) is 0 Å². The first kappa shape index (κ1) is 14.2. The van der Waals surface area contributed by atoms with E-state index in [-0.39, 0.29) is 0 Å². The van der Waals surface area contributed by atoms with E-state index < -0.39 is 11.6 Å². The number of allylic oxidation sites excluding steroid dienone is 2. The zero-order valence-corrected chi connectivity index (χ0v) is 11.6. The number of halogens is 2. The van der Waals surface area contributed by atoms with Crippen molar-refractivity contribution in [3.8, 4) is 0 Å². The van der Waals surface area contributed by atoms with E-state index in [1.54, 1.807) is 0 Å². The van der Waals surface area contributed by atoms with Crippen LogP contribution >= 0.6 is 0 Å². The van der Waals surface area contributed by atoms with E-state index >= 15 is 0 Å². The fourth-order valence-corrected chi connectivity index (χ4v) is 2.70. The third-order valence-electron chi connectivity index (χ3n) is 3.87. The van der Waals surface area contributed by atoms with E-state index in [0.29, 0.717) is 0 Å². The van der Waals surface area contributed by atoms with E-state index in [9.17, 15) is 8.78 Å². The van der Waals surface area contributed by atoms with Crippen LogP contribution in [0.1, 0.15) is 56.6 Å². The average Bonchev–Trinajstić information content (AvgIpc) is 2.40. The lowest BCUT2D eigenvalue weighted by molar-refractivity contribution is 0.505. The molecule has 2 heteroatoms. The van der Waals surface area contributed by atoms with Crippen LogP contribution in [0.3, 0.4) is 0 Å². The van der Waals surface area contributed by atoms with Crippen molar-refractivity contribution in [3.05, 3.63) is 46.5 Å². The maximum Gasteiger partial charge on any atom is 0.159 e. The first-order valence-electron chi connectivity index (χ1n) is 7.35. The third kappa shape index (κ3) is 3.89. The second-order valence-corrected chi connectivity index (χ2v) is 5.44. The molecule has 0 aliphatic heterocycles. The highest BCUT2D eigenvalue weighted by molar-refractivity contribution is 5.37. The van der Waals surface area contributed by atoms with Crippen molar-refractivity contribution in [2.75, 3.05) is 0 Å². The standard InChI is InChI=1S/C17H22F2/c1-2-3-4-5-6-7-13-8-9-14-11-16(18)17(19)12-15(14)10-13/h8,11-12H,2-7,9-10H2,1H3. The van der Waals surface area contributed by atoms with Crippen LogP contribution in [0.5, 0.6) is 0 Å². The zero-order chi connectivity index (χ0) is 13.7. The first-order valence-corrected chi connectivity index (χ1v) is 7.35. The zero-order valence-electron chi connectivity index (χ0n) is 11.6. The topological polar surface area (TPSA) is 0 Å². The highest BCUT2D eigenvalue weighted by Gasteiger charge is 2.14. The summed E-state index contributed by atoms with van der Waals surface area (Å²) < 4.78 is 26.4. The van der Waals surface area contributed by atoms with Crippen molar-refractivity contribution >= 4 is 0 Å². The average molecular weight is 264 g/mol. The number of rotatable bonds is 6. The van der Waals surface area contributed by atoms with Crippen molar-refractivity contribution in [2.45, 2.75) is 58.3 Å². The molecule has 1 aliphatic carbocycles. The molecule has 0 bridgehead atoms. The Balaban J connectivity index is 1.87. The molecule has 104 valence electrons. The molecule has 1 aromatic rings. The van der Waals surface area contributed by atoms with Gasteiger partial charge in [-0.2, -0.15) is 0 Å². The molecular weight excluding hydrogens is 242 g/mol. The number of hydrogen-bond acceptors (Lipinski definition) is 0.